The molecule has 0 spiro atoms. The van der Waals surface area contributed by atoms with Gasteiger partial charge in [0.15, 0.2) is 5.78 Å². The van der Waals surface area contributed by atoms with Crippen molar-refractivity contribution in [2.24, 2.45) is 0 Å². The first-order valence-electron chi connectivity index (χ1n) is 6.59. The Labute approximate surface area is 127 Å². The lowest BCUT2D eigenvalue weighted by Crippen LogP contribution is -2.03. The molecule has 3 heteroatoms. The molecule has 0 unspecified atom stereocenters. The second kappa shape index (κ2) is 5.66. The van der Waals surface area contributed by atoms with E-state index in [0.29, 0.717) is 5.56 Å². The summed E-state index contributed by atoms with van der Waals surface area (Å²) in [6, 6.07) is 18.0. The van der Waals surface area contributed by atoms with Crippen molar-refractivity contribution in [3.05, 3.63) is 82.6 Å². The highest BCUT2D eigenvalue weighted by atomic mass is 35.5. The van der Waals surface area contributed by atoms with Crippen LogP contribution in [0, 0.1) is 5.82 Å². The van der Waals surface area contributed by atoms with Gasteiger partial charge in [-0.15, -0.1) is 0 Å². The highest BCUT2D eigenvalue weighted by Gasteiger charge is 2.10. The molecule has 0 heterocycles. The van der Waals surface area contributed by atoms with Crippen molar-refractivity contribution in [2.75, 3.05) is 0 Å². The number of Topliss-reactive ketones (excluding diaryl/α,β-unsaturated/α-hetero) is 1. The van der Waals surface area contributed by atoms with E-state index in [4.69, 9.17) is 11.6 Å². The maximum absolute atomic E-state index is 13.1. The molecular formula is C18H12ClFO. The van der Waals surface area contributed by atoms with E-state index >= 15 is 0 Å². The minimum Gasteiger partial charge on any atom is -0.294 e. The molecule has 0 saturated carbocycles. The molecule has 0 aliphatic rings. The maximum Gasteiger partial charge on any atom is 0.167 e. The Balaban J connectivity index is 1.87. The minimum atomic E-state index is -0.515. The van der Waals surface area contributed by atoms with Crippen molar-refractivity contribution in [3.8, 4) is 0 Å². The van der Waals surface area contributed by atoms with Crippen molar-refractivity contribution >= 4 is 28.2 Å². The first kappa shape index (κ1) is 13.8. The first-order chi connectivity index (χ1) is 10.1. The number of hydrogen-bond acceptors (Lipinski definition) is 1. The largest absolute Gasteiger partial charge is 0.294 e. The second-order valence-electron chi connectivity index (χ2n) is 4.91. The number of ketones is 1. The van der Waals surface area contributed by atoms with Gasteiger partial charge in [-0.2, -0.15) is 0 Å². The molecule has 0 bridgehead atoms. The third kappa shape index (κ3) is 2.96. The molecule has 0 aliphatic heterocycles. The molecular weight excluding hydrogens is 287 g/mol. The quantitative estimate of drug-likeness (QED) is 0.618. The molecule has 104 valence electrons. The molecule has 1 nitrogen and oxygen atoms in total. The van der Waals surface area contributed by atoms with Gasteiger partial charge in [-0.05, 0) is 34.5 Å². The van der Waals surface area contributed by atoms with Crippen LogP contribution >= 0.6 is 11.6 Å². The van der Waals surface area contributed by atoms with Crippen LogP contribution in [-0.4, -0.2) is 5.78 Å². The van der Waals surface area contributed by atoms with Crippen LogP contribution in [0.1, 0.15) is 15.9 Å². The molecule has 0 N–H and O–H groups in total. The van der Waals surface area contributed by atoms with Gasteiger partial charge < -0.3 is 0 Å². The van der Waals surface area contributed by atoms with Gasteiger partial charge in [-0.1, -0.05) is 54.1 Å². The van der Waals surface area contributed by atoms with Crippen LogP contribution in [-0.2, 0) is 6.42 Å². The summed E-state index contributed by atoms with van der Waals surface area (Å²) in [6.45, 7) is 0. The predicted octanol–water partition coefficient (Wildman–Crippen LogP) is 5.06. The predicted molar refractivity (Wildman–Crippen MR) is 83.4 cm³/mol. The third-order valence-corrected chi connectivity index (χ3v) is 3.71. The van der Waals surface area contributed by atoms with E-state index in [1.807, 2.05) is 42.5 Å². The third-order valence-electron chi connectivity index (χ3n) is 3.42. The molecule has 0 amide bonds. The van der Waals surface area contributed by atoms with Crippen molar-refractivity contribution < 1.29 is 9.18 Å². The van der Waals surface area contributed by atoms with Gasteiger partial charge in [-0.25, -0.2) is 4.39 Å². The van der Waals surface area contributed by atoms with Crippen LogP contribution in [0.15, 0.2) is 60.7 Å². The summed E-state index contributed by atoms with van der Waals surface area (Å²) in [4.78, 5) is 12.2. The van der Waals surface area contributed by atoms with E-state index in [2.05, 4.69) is 0 Å². The number of halogens is 2. The Morgan fingerprint density at radius 1 is 0.952 bits per heavy atom. The molecule has 0 aliphatic carbocycles. The fourth-order valence-corrected chi connectivity index (χ4v) is 2.49. The average Bonchev–Trinajstić information content (AvgIpc) is 2.50. The molecule has 3 rings (SSSR count). The lowest BCUT2D eigenvalue weighted by Gasteiger charge is -2.05. The van der Waals surface area contributed by atoms with Crippen LogP contribution < -0.4 is 0 Å². The van der Waals surface area contributed by atoms with Gasteiger partial charge in [0, 0.05) is 12.0 Å². The lowest BCUT2D eigenvalue weighted by atomic mass is 10.0. The van der Waals surface area contributed by atoms with Gasteiger partial charge in [0.25, 0.3) is 0 Å². The van der Waals surface area contributed by atoms with E-state index in [-0.39, 0.29) is 17.2 Å². The lowest BCUT2D eigenvalue weighted by molar-refractivity contribution is 0.0993. The molecule has 21 heavy (non-hydrogen) atoms. The molecule has 0 saturated heterocycles. The zero-order valence-electron chi connectivity index (χ0n) is 11.1. The second-order valence-corrected chi connectivity index (χ2v) is 5.32. The Morgan fingerprint density at radius 2 is 1.71 bits per heavy atom. The van der Waals surface area contributed by atoms with Gasteiger partial charge in [0.1, 0.15) is 5.82 Å². The van der Waals surface area contributed by atoms with Gasteiger partial charge in [0.05, 0.1) is 5.02 Å². The summed E-state index contributed by atoms with van der Waals surface area (Å²) in [7, 11) is 0. The molecule has 0 radical (unpaired) electrons. The minimum absolute atomic E-state index is 0.0284. The number of carbonyl (C=O) groups excluding carboxylic acids is 1. The normalized spacial score (nSPS) is 10.8. The van der Waals surface area contributed by atoms with E-state index in [1.165, 1.54) is 18.2 Å². The number of hydrogen-bond donors (Lipinski definition) is 0. The number of fused-ring (bicyclic) bond motifs is 1. The van der Waals surface area contributed by atoms with E-state index in [0.717, 1.165) is 16.3 Å². The number of carbonyl (C=O) groups is 1. The first-order valence-corrected chi connectivity index (χ1v) is 6.97. The van der Waals surface area contributed by atoms with Crippen molar-refractivity contribution in [1.82, 2.24) is 0 Å². The highest BCUT2D eigenvalue weighted by molar-refractivity contribution is 6.31. The van der Waals surface area contributed by atoms with Crippen LogP contribution in [0.25, 0.3) is 10.8 Å². The Morgan fingerprint density at radius 3 is 2.48 bits per heavy atom. The molecule has 0 fully saturated rings. The summed E-state index contributed by atoms with van der Waals surface area (Å²) in [6.07, 6.45) is 0.271. The molecule has 0 atom stereocenters. The number of benzene rings is 3. The topological polar surface area (TPSA) is 17.1 Å². The van der Waals surface area contributed by atoms with Crippen LogP contribution in [0.5, 0.6) is 0 Å². The standard InChI is InChI=1S/C18H12ClFO/c19-16-11-15(7-8-17(16)20)18(21)10-12-5-6-13-3-1-2-4-14(13)9-12/h1-9,11H,10H2. The summed E-state index contributed by atoms with van der Waals surface area (Å²) >= 11 is 5.71. The van der Waals surface area contributed by atoms with Crippen molar-refractivity contribution in [2.45, 2.75) is 6.42 Å². The zero-order valence-corrected chi connectivity index (χ0v) is 11.9. The molecule has 0 aromatic heterocycles. The summed E-state index contributed by atoms with van der Waals surface area (Å²) < 4.78 is 13.1. The Kier molecular flexibility index (Phi) is 3.72. The maximum atomic E-state index is 13.1. The van der Waals surface area contributed by atoms with Crippen LogP contribution in [0.3, 0.4) is 0 Å². The van der Waals surface area contributed by atoms with Crippen LogP contribution in [0.2, 0.25) is 5.02 Å². The summed E-state index contributed by atoms with van der Waals surface area (Å²) in [5.41, 5.74) is 1.36. The summed E-state index contributed by atoms with van der Waals surface area (Å²) in [5, 5.41) is 2.21. The smallest absolute Gasteiger partial charge is 0.167 e. The number of rotatable bonds is 3. The Bertz CT molecular complexity index is 826. The molecule has 3 aromatic carbocycles. The van der Waals surface area contributed by atoms with Gasteiger partial charge >= 0.3 is 0 Å². The van der Waals surface area contributed by atoms with Crippen LogP contribution in [0.4, 0.5) is 4.39 Å². The van der Waals surface area contributed by atoms with Crippen molar-refractivity contribution in [3.63, 3.8) is 0 Å². The SMILES string of the molecule is O=C(Cc1ccc2ccccc2c1)c1ccc(F)c(Cl)c1. The van der Waals surface area contributed by atoms with Gasteiger partial charge in [0.2, 0.25) is 0 Å². The van der Waals surface area contributed by atoms with Crippen molar-refractivity contribution in [1.29, 1.82) is 0 Å². The Hall–Kier alpha value is -2.19. The zero-order chi connectivity index (χ0) is 14.8. The monoisotopic (exact) mass is 298 g/mol. The average molecular weight is 299 g/mol. The fourth-order valence-electron chi connectivity index (χ4n) is 2.31. The highest BCUT2D eigenvalue weighted by Crippen LogP contribution is 2.19. The van der Waals surface area contributed by atoms with E-state index in [1.54, 1.807) is 0 Å². The van der Waals surface area contributed by atoms with Gasteiger partial charge in [-0.3, -0.25) is 4.79 Å². The fraction of sp³-hybridized carbons (Fsp3) is 0.0556. The van der Waals surface area contributed by atoms with E-state index in [9.17, 15) is 9.18 Å². The molecule has 3 aromatic rings. The summed E-state index contributed by atoms with van der Waals surface area (Å²) in [5.74, 6) is -0.592. The van der Waals surface area contributed by atoms with E-state index < -0.39 is 5.82 Å².